The van der Waals surface area contributed by atoms with Gasteiger partial charge in [-0.05, 0) is 25.1 Å². The molecule has 7 heteroatoms. The highest BCUT2D eigenvalue weighted by molar-refractivity contribution is 6.30. The van der Waals surface area contributed by atoms with Gasteiger partial charge < -0.3 is 9.73 Å². The fraction of sp³-hybridized carbons (Fsp3) is 0.308. The van der Waals surface area contributed by atoms with E-state index in [1.54, 1.807) is 19.2 Å². The summed E-state index contributed by atoms with van der Waals surface area (Å²) in [5.41, 5.74) is 0.759. The molecule has 1 amide bonds. The van der Waals surface area contributed by atoms with Crippen LogP contribution in [-0.4, -0.2) is 29.7 Å². The van der Waals surface area contributed by atoms with Crippen molar-refractivity contribution in [2.45, 2.75) is 13.0 Å². The number of nitrogens with zero attached hydrogens (tertiary/aromatic N) is 2. The number of halogens is 1. The van der Waals surface area contributed by atoms with Crippen LogP contribution in [0.25, 0.3) is 11.5 Å². The van der Waals surface area contributed by atoms with Crippen LogP contribution in [0.4, 0.5) is 0 Å². The molecular weight excluding hydrogens is 280 g/mol. The van der Waals surface area contributed by atoms with Crippen molar-refractivity contribution in [3.05, 3.63) is 35.2 Å². The molecule has 0 bridgehead atoms. The molecule has 1 atom stereocenters. The fourth-order valence-electron chi connectivity index (χ4n) is 1.57. The standard InChI is InChI=1S/C13H15ClN4O2/c1-8(16-7-11(19)15-2)12-17-18-13(20-12)9-4-3-5-10(14)6-9/h3-6,8,16H,7H2,1-2H3,(H,15,19)/t8-/m1/s1. The molecule has 2 rings (SSSR count). The summed E-state index contributed by atoms with van der Waals surface area (Å²) in [6.45, 7) is 2.03. The molecule has 1 heterocycles. The first-order valence-electron chi connectivity index (χ1n) is 6.13. The van der Waals surface area contributed by atoms with Crippen LogP contribution in [0.1, 0.15) is 18.9 Å². The smallest absolute Gasteiger partial charge is 0.247 e. The molecule has 0 saturated heterocycles. The Morgan fingerprint density at radius 2 is 2.25 bits per heavy atom. The van der Waals surface area contributed by atoms with Gasteiger partial charge in [-0.1, -0.05) is 17.7 Å². The monoisotopic (exact) mass is 294 g/mol. The predicted octanol–water partition coefficient (Wildman–Crippen LogP) is 1.79. The quantitative estimate of drug-likeness (QED) is 0.879. The Kier molecular flexibility index (Phi) is 4.70. The molecule has 6 nitrogen and oxygen atoms in total. The zero-order valence-corrected chi connectivity index (χ0v) is 11.9. The summed E-state index contributed by atoms with van der Waals surface area (Å²) in [6, 6.07) is 6.96. The van der Waals surface area contributed by atoms with Gasteiger partial charge in [0.2, 0.25) is 17.7 Å². The molecule has 1 aromatic carbocycles. The van der Waals surface area contributed by atoms with Gasteiger partial charge in [0.25, 0.3) is 0 Å². The van der Waals surface area contributed by atoms with E-state index in [1.807, 2.05) is 19.1 Å². The summed E-state index contributed by atoms with van der Waals surface area (Å²) >= 11 is 5.92. The maximum Gasteiger partial charge on any atom is 0.247 e. The minimum absolute atomic E-state index is 0.105. The van der Waals surface area contributed by atoms with Crippen LogP contribution in [0.3, 0.4) is 0 Å². The topological polar surface area (TPSA) is 80.0 Å². The summed E-state index contributed by atoms with van der Waals surface area (Å²) < 4.78 is 5.58. The summed E-state index contributed by atoms with van der Waals surface area (Å²) in [5, 5.41) is 14.1. The van der Waals surface area contributed by atoms with Gasteiger partial charge in [-0.3, -0.25) is 10.1 Å². The van der Waals surface area contributed by atoms with Gasteiger partial charge in [0.15, 0.2) is 0 Å². The van der Waals surface area contributed by atoms with Crippen molar-refractivity contribution in [1.29, 1.82) is 0 Å². The average molecular weight is 295 g/mol. The molecule has 2 N–H and O–H groups in total. The molecule has 0 unspecified atom stereocenters. The lowest BCUT2D eigenvalue weighted by Crippen LogP contribution is -2.32. The van der Waals surface area contributed by atoms with Crippen molar-refractivity contribution >= 4 is 17.5 Å². The third kappa shape index (κ3) is 3.55. The summed E-state index contributed by atoms with van der Waals surface area (Å²) in [5.74, 6) is 0.714. The van der Waals surface area contributed by atoms with Gasteiger partial charge in [0.05, 0.1) is 12.6 Å². The first kappa shape index (κ1) is 14.5. The number of rotatable bonds is 5. The third-order valence-corrected chi connectivity index (χ3v) is 2.97. The lowest BCUT2D eigenvalue weighted by Gasteiger charge is -2.08. The lowest BCUT2D eigenvalue weighted by molar-refractivity contribution is -0.119. The predicted molar refractivity (Wildman–Crippen MR) is 75.2 cm³/mol. The van der Waals surface area contributed by atoms with Gasteiger partial charge in [0.1, 0.15) is 0 Å². The van der Waals surface area contributed by atoms with Crippen LogP contribution in [0.5, 0.6) is 0 Å². The van der Waals surface area contributed by atoms with Gasteiger partial charge in [-0.15, -0.1) is 10.2 Å². The molecule has 0 saturated carbocycles. The van der Waals surface area contributed by atoms with E-state index >= 15 is 0 Å². The third-order valence-electron chi connectivity index (χ3n) is 2.73. The Morgan fingerprint density at radius 3 is 2.95 bits per heavy atom. The maximum atomic E-state index is 11.2. The minimum Gasteiger partial charge on any atom is -0.419 e. The Labute approximate surface area is 121 Å². The van der Waals surface area contributed by atoms with E-state index in [0.717, 1.165) is 5.56 Å². The Hall–Kier alpha value is -1.92. The largest absolute Gasteiger partial charge is 0.419 e. The van der Waals surface area contributed by atoms with Crippen LogP contribution in [0, 0.1) is 0 Å². The van der Waals surface area contributed by atoms with Crippen LogP contribution in [-0.2, 0) is 4.79 Å². The molecule has 106 valence electrons. The summed E-state index contributed by atoms with van der Waals surface area (Å²) in [4.78, 5) is 11.2. The normalized spacial score (nSPS) is 12.2. The molecule has 2 aromatic rings. The van der Waals surface area contributed by atoms with Crippen molar-refractivity contribution in [2.75, 3.05) is 13.6 Å². The number of nitrogens with one attached hydrogen (secondary N) is 2. The minimum atomic E-state index is -0.215. The van der Waals surface area contributed by atoms with E-state index < -0.39 is 0 Å². The molecule has 0 aliphatic heterocycles. The zero-order chi connectivity index (χ0) is 14.5. The number of amides is 1. The van der Waals surface area contributed by atoms with Crippen molar-refractivity contribution in [3.63, 3.8) is 0 Å². The molecule has 20 heavy (non-hydrogen) atoms. The number of hydrogen-bond acceptors (Lipinski definition) is 5. The fourth-order valence-corrected chi connectivity index (χ4v) is 1.76. The highest BCUT2D eigenvalue weighted by Gasteiger charge is 2.15. The van der Waals surface area contributed by atoms with E-state index in [0.29, 0.717) is 16.8 Å². The van der Waals surface area contributed by atoms with Crippen LogP contribution >= 0.6 is 11.6 Å². The SMILES string of the molecule is CNC(=O)CN[C@H](C)c1nnc(-c2cccc(Cl)c2)o1. The molecule has 1 aromatic heterocycles. The van der Waals surface area contributed by atoms with Crippen LogP contribution in [0.2, 0.25) is 5.02 Å². The van der Waals surface area contributed by atoms with Crippen LogP contribution < -0.4 is 10.6 Å². The van der Waals surface area contributed by atoms with Crippen molar-refractivity contribution in [3.8, 4) is 11.5 Å². The number of aromatic nitrogens is 2. The maximum absolute atomic E-state index is 11.2. The van der Waals surface area contributed by atoms with E-state index in [2.05, 4.69) is 20.8 Å². The second-order valence-electron chi connectivity index (χ2n) is 4.23. The second-order valence-corrected chi connectivity index (χ2v) is 4.67. The van der Waals surface area contributed by atoms with Crippen molar-refractivity contribution < 1.29 is 9.21 Å². The lowest BCUT2D eigenvalue weighted by atomic mass is 10.2. The Bertz CT molecular complexity index is 600. The first-order chi connectivity index (χ1) is 9.60. The zero-order valence-electron chi connectivity index (χ0n) is 11.2. The molecule has 0 aliphatic carbocycles. The molecule has 0 spiro atoms. The molecule has 0 fully saturated rings. The number of hydrogen-bond donors (Lipinski definition) is 2. The molecule has 0 radical (unpaired) electrons. The second kappa shape index (κ2) is 6.49. The van der Waals surface area contributed by atoms with Gasteiger partial charge in [-0.2, -0.15) is 0 Å². The van der Waals surface area contributed by atoms with Crippen LogP contribution in [0.15, 0.2) is 28.7 Å². The van der Waals surface area contributed by atoms with E-state index in [-0.39, 0.29) is 18.5 Å². The average Bonchev–Trinajstić information content (AvgIpc) is 2.94. The number of likely N-dealkylation sites (N-methyl/N-ethyl adjacent to an activating group) is 1. The van der Waals surface area contributed by atoms with Crippen molar-refractivity contribution in [2.24, 2.45) is 0 Å². The van der Waals surface area contributed by atoms with E-state index in [9.17, 15) is 4.79 Å². The number of carbonyl (C=O) groups excluding carboxylic acids is 1. The highest BCUT2D eigenvalue weighted by Crippen LogP contribution is 2.23. The number of benzene rings is 1. The summed E-state index contributed by atoms with van der Waals surface area (Å²) in [7, 11) is 1.58. The molecule has 0 aliphatic rings. The Balaban J connectivity index is 2.07. The molecular formula is C13H15ClN4O2. The van der Waals surface area contributed by atoms with Gasteiger partial charge in [0, 0.05) is 17.6 Å². The highest BCUT2D eigenvalue weighted by atomic mass is 35.5. The Morgan fingerprint density at radius 1 is 1.45 bits per heavy atom. The van der Waals surface area contributed by atoms with E-state index in [1.165, 1.54) is 0 Å². The van der Waals surface area contributed by atoms with Crippen molar-refractivity contribution in [1.82, 2.24) is 20.8 Å². The number of carbonyl (C=O) groups is 1. The summed E-state index contributed by atoms with van der Waals surface area (Å²) in [6.07, 6.45) is 0. The first-order valence-corrected chi connectivity index (χ1v) is 6.51. The van der Waals surface area contributed by atoms with E-state index in [4.69, 9.17) is 16.0 Å². The van der Waals surface area contributed by atoms with Gasteiger partial charge in [-0.25, -0.2) is 0 Å². The van der Waals surface area contributed by atoms with Gasteiger partial charge >= 0.3 is 0 Å².